The van der Waals surface area contributed by atoms with Crippen LogP contribution in [-0.2, 0) is 0 Å². The third kappa shape index (κ3) is 1.27. The largest absolute Gasteiger partial charge is 0.390 e. The van der Waals surface area contributed by atoms with E-state index in [1.54, 1.807) is 0 Å². The van der Waals surface area contributed by atoms with Crippen molar-refractivity contribution in [2.75, 3.05) is 6.54 Å². The Morgan fingerprint density at radius 3 is 2.73 bits per heavy atom. The van der Waals surface area contributed by atoms with Crippen LogP contribution in [0.15, 0.2) is 12.3 Å². The Morgan fingerprint density at radius 1 is 1.55 bits per heavy atom. The van der Waals surface area contributed by atoms with Crippen LogP contribution < -0.4 is 0 Å². The van der Waals surface area contributed by atoms with Crippen LogP contribution in [0.25, 0.3) is 0 Å². The van der Waals surface area contributed by atoms with Crippen LogP contribution in [0.5, 0.6) is 0 Å². The van der Waals surface area contributed by atoms with Gasteiger partial charge in [0.05, 0.1) is 5.60 Å². The van der Waals surface area contributed by atoms with Gasteiger partial charge < -0.3 is 10.0 Å². The molecule has 11 heavy (non-hydrogen) atoms. The molecule has 0 spiro atoms. The van der Waals surface area contributed by atoms with Gasteiger partial charge in [0.15, 0.2) is 0 Å². The summed E-state index contributed by atoms with van der Waals surface area (Å²) in [7, 11) is 0. The van der Waals surface area contributed by atoms with Crippen LogP contribution in [0.4, 0.5) is 0 Å². The third-order valence-electron chi connectivity index (χ3n) is 2.67. The summed E-state index contributed by atoms with van der Waals surface area (Å²) in [6.45, 7) is 3.07. The van der Waals surface area contributed by atoms with E-state index in [4.69, 9.17) is 0 Å². The Balaban J connectivity index is 1.86. The first-order valence-electron chi connectivity index (χ1n) is 4.32. The topological polar surface area (TPSA) is 23.5 Å². The molecule has 0 saturated heterocycles. The monoisotopic (exact) mass is 153 g/mol. The quantitative estimate of drug-likeness (QED) is 0.610. The number of hydrogen-bond donors (Lipinski definition) is 1. The number of nitrogens with zero attached hydrogens (tertiary/aromatic N) is 1. The van der Waals surface area contributed by atoms with Crippen molar-refractivity contribution >= 4 is 0 Å². The summed E-state index contributed by atoms with van der Waals surface area (Å²) in [4.78, 5) is 2.35. The zero-order valence-corrected chi connectivity index (χ0v) is 6.95. The Kier molecular flexibility index (Phi) is 1.46. The molecule has 0 amide bonds. The van der Waals surface area contributed by atoms with Gasteiger partial charge in [-0.1, -0.05) is 6.08 Å². The number of rotatable bonds is 1. The predicted octanol–water partition coefficient (Wildman–Crippen LogP) is 1.12. The summed E-state index contributed by atoms with van der Waals surface area (Å²) in [5.41, 5.74) is -0.374. The van der Waals surface area contributed by atoms with Crippen molar-refractivity contribution in [1.29, 1.82) is 0 Å². The van der Waals surface area contributed by atoms with Gasteiger partial charge in [0, 0.05) is 12.6 Å². The molecule has 2 nitrogen and oxygen atoms in total. The normalized spacial score (nSPS) is 42.7. The zero-order chi connectivity index (χ0) is 7.90. The van der Waals surface area contributed by atoms with E-state index in [9.17, 15) is 5.11 Å². The fourth-order valence-corrected chi connectivity index (χ4v) is 2.00. The molecule has 1 fully saturated rings. The highest BCUT2D eigenvalue weighted by atomic mass is 16.3. The van der Waals surface area contributed by atoms with Crippen LogP contribution in [0.1, 0.15) is 26.2 Å². The average molecular weight is 153 g/mol. The van der Waals surface area contributed by atoms with Gasteiger partial charge in [-0.25, -0.2) is 0 Å². The van der Waals surface area contributed by atoms with Gasteiger partial charge in [0.1, 0.15) is 0 Å². The van der Waals surface area contributed by atoms with E-state index in [1.807, 2.05) is 6.92 Å². The van der Waals surface area contributed by atoms with Gasteiger partial charge >= 0.3 is 0 Å². The third-order valence-corrected chi connectivity index (χ3v) is 2.67. The lowest BCUT2D eigenvalue weighted by atomic mass is 9.76. The van der Waals surface area contributed by atoms with E-state index in [0.717, 1.165) is 19.4 Å². The van der Waals surface area contributed by atoms with Crippen LogP contribution in [0.2, 0.25) is 0 Å². The molecule has 1 heterocycles. The van der Waals surface area contributed by atoms with E-state index < -0.39 is 0 Å². The minimum absolute atomic E-state index is 0.374. The first-order valence-corrected chi connectivity index (χ1v) is 4.32. The molecule has 2 heteroatoms. The minimum atomic E-state index is -0.374. The maximum Gasteiger partial charge on any atom is 0.0658 e. The fraction of sp³-hybridized carbons (Fsp3) is 0.778. The van der Waals surface area contributed by atoms with E-state index in [1.165, 1.54) is 6.42 Å². The van der Waals surface area contributed by atoms with Gasteiger partial charge in [-0.3, -0.25) is 0 Å². The van der Waals surface area contributed by atoms with Crippen LogP contribution >= 0.6 is 0 Å². The molecule has 0 aromatic heterocycles. The van der Waals surface area contributed by atoms with E-state index in [2.05, 4.69) is 17.2 Å². The molecule has 1 aliphatic carbocycles. The molecular weight excluding hydrogens is 138 g/mol. The lowest BCUT2D eigenvalue weighted by molar-refractivity contribution is -0.0649. The Bertz CT molecular complexity index is 178. The standard InChI is InChI=1S/C9H15NO/c1-9(11)6-8(7-9)10-4-2-3-5-10/h2,4,8,11H,3,5-7H2,1H3. The van der Waals surface area contributed by atoms with Crippen molar-refractivity contribution < 1.29 is 5.11 Å². The predicted molar refractivity (Wildman–Crippen MR) is 44.1 cm³/mol. The second-order valence-electron chi connectivity index (χ2n) is 3.97. The smallest absolute Gasteiger partial charge is 0.0658 e. The number of aliphatic hydroxyl groups is 1. The molecule has 62 valence electrons. The van der Waals surface area contributed by atoms with Crippen LogP contribution in [-0.4, -0.2) is 28.2 Å². The molecule has 0 aromatic rings. The van der Waals surface area contributed by atoms with Crippen molar-refractivity contribution in [2.45, 2.75) is 37.8 Å². The Hall–Kier alpha value is -0.500. The van der Waals surface area contributed by atoms with Gasteiger partial charge in [-0.05, 0) is 32.4 Å². The summed E-state index contributed by atoms with van der Waals surface area (Å²) in [5, 5.41) is 9.49. The van der Waals surface area contributed by atoms with Gasteiger partial charge in [-0.15, -0.1) is 0 Å². The van der Waals surface area contributed by atoms with Crippen molar-refractivity contribution in [3.8, 4) is 0 Å². The van der Waals surface area contributed by atoms with Gasteiger partial charge in [0.2, 0.25) is 0 Å². The van der Waals surface area contributed by atoms with E-state index in [0.29, 0.717) is 6.04 Å². The highest BCUT2D eigenvalue weighted by Crippen LogP contribution is 2.36. The molecule has 0 unspecified atom stereocenters. The van der Waals surface area contributed by atoms with Gasteiger partial charge in [0.25, 0.3) is 0 Å². The molecule has 1 saturated carbocycles. The molecule has 0 bridgehead atoms. The summed E-state index contributed by atoms with van der Waals surface area (Å²) in [5.74, 6) is 0. The lowest BCUT2D eigenvalue weighted by Gasteiger charge is -2.45. The summed E-state index contributed by atoms with van der Waals surface area (Å²) >= 11 is 0. The summed E-state index contributed by atoms with van der Waals surface area (Å²) in [6, 6.07) is 0.615. The van der Waals surface area contributed by atoms with E-state index in [-0.39, 0.29) is 5.60 Å². The Morgan fingerprint density at radius 2 is 2.27 bits per heavy atom. The summed E-state index contributed by atoms with van der Waals surface area (Å²) < 4.78 is 0. The van der Waals surface area contributed by atoms with Gasteiger partial charge in [-0.2, -0.15) is 0 Å². The highest BCUT2D eigenvalue weighted by Gasteiger charge is 2.40. The molecule has 0 radical (unpaired) electrons. The summed E-state index contributed by atoms with van der Waals surface area (Å²) in [6.07, 6.45) is 7.43. The molecule has 1 aliphatic heterocycles. The first kappa shape index (κ1) is 7.17. The minimum Gasteiger partial charge on any atom is -0.390 e. The molecule has 1 N–H and O–H groups in total. The second kappa shape index (κ2) is 2.24. The van der Waals surface area contributed by atoms with Crippen molar-refractivity contribution in [3.63, 3.8) is 0 Å². The molecule has 0 atom stereocenters. The maximum absolute atomic E-state index is 9.49. The maximum atomic E-state index is 9.49. The zero-order valence-electron chi connectivity index (χ0n) is 6.95. The van der Waals surface area contributed by atoms with Crippen LogP contribution in [0.3, 0.4) is 0 Å². The van der Waals surface area contributed by atoms with Crippen molar-refractivity contribution in [1.82, 2.24) is 4.90 Å². The lowest BCUT2D eigenvalue weighted by Crippen LogP contribution is -2.51. The molecular formula is C9H15NO. The molecule has 0 aromatic carbocycles. The highest BCUT2D eigenvalue weighted by molar-refractivity contribution is 5.03. The molecule has 2 rings (SSSR count). The SMILES string of the molecule is CC1(O)CC(N2C=CCC2)C1. The first-order chi connectivity index (χ1) is 5.17. The molecule has 2 aliphatic rings. The van der Waals surface area contributed by atoms with E-state index >= 15 is 0 Å². The fourth-order valence-electron chi connectivity index (χ4n) is 2.00. The average Bonchev–Trinajstić information content (AvgIpc) is 2.32. The number of hydrogen-bond acceptors (Lipinski definition) is 2. The van der Waals surface area contributed by atoms with Crippen molar-refractivity contribution in [2.24, 2.45) is 0 Å². The van der Waals surface area contributed by atoms with Crippen molar-refractivity contribution in [3.05, 3.63) is 12.3 Å². The Labute approximate surface area is 67.5 Å². The van der Waals surface area contributed by atoms with Crippen LogP contribution in [0, 0.1) is 0 Å². The second-order valence-corrected chi connectivity index (χ2v) is 3.97.